The summed E-state index contributed by atoms with van der Waals surface area (Å²) in [7, 11) is 1.81. The molecule has 2 heterocycles. The van der Waals surface area contributed by atoms with E-state index >= 15 is 0 Å². The fourth-order valence-electron chi connectivity index (χ4n) is 1.95. The lowest BCUT2D eigenvalue weighted by Gasteiger charge is -2.10. The Hall–Kier alpha value is -1.36. The van der Waals surface area contributed by atoms with Gasteiger partial charge in [0.25, 0.3) is 5.91 Å². The number of carbonyl (C=O) groups is 1. The average molecular weight is 222 g/mol. The lowest BCUT2D eigenvalue weighted by Crippen LogP contribution is -2.37. The Balaban J connectivity index is 2.04. The topological polar surface area (TPSA) is 59.0 Å². The number of hydrogen-bond donors (Lipinski definition) is 2. The van der Waals surface area contributed by atoms with E-state index < -0.39 is 0 Å². The normalized spacial score (nSPS) is 20.0. The fourth-order valence-corrected chi connectivity index (χ4v) is 1.95. The molecule has 1 atom stereocenters. The van der Waals surface area contributed by atoms with Gasteiger partial charge in [-0.15, -0.1) is 0 Å². The van der Waals surface area contributed by atoms with Crippen LogP contribution in [0.5, 0.6) is 0 Å². The van der Waals surface area contributed by atoms with E-state index in [9.17, 15) is 4.79 Å². The smallest absolute Gasteiger partial charge is 0.269 e. The van der Waals surface area contributed by atoms with Crippen LogP contribution in [-0.4, -0.2) is 34.8 Å². The van der Waals surface area contributed by atoms with Gasteiger partial charge in [-0.1, -0.05) is 6.92 Å². The maximum Gasteiger partial charge on any atom is 0.269 e. The lowest BCUT2D eigenvalue weighted by atomic mass is 10.2. The molecule has 0 spiro atoms. The highest BCUT2D eigenvalue weighted by Crippen LogP contribution is 2.05. The van der Waals surface area contributed by atoms with Crippen molar-refractivity contribution >= 4 is 5.91 Å². The molecule has 0 saturated carbocycles. The molecular weight excluding hydrogens is 204 g/mol. The first kappa shape index (κ1) is 11.1. The molecule has 16 heavy (non-hydrogen) atoms. The van der Waals surface area contributed by atoms with Gasteiger partial charge in [-0.05, 0) is 25.5 Å². The van der Waals surface area contributed by atoms with Crippen LogP contribution in [0.2, 0.25) is 0 Å². The van der Waals surface area contributed by atoms with Gasteiger partial charge in [0.1, 0.15) is 5.69 Å². The summed E-state index contributed by atoms with van der Waals surface area (Å²) in [6, 6.07) is 2.12. The molecule has 0 bridgehead atoms. The van der Waals surface area contributed by atoms with Gasteiger partial charge in [0.05, 0.1) is 5.69 Å². The van der Waals surface area contributed by atoms with Crippen LogP contribution in [0, 0.1) is 0 Å². The number of hydrogen-bond acceptors (Lipinski definition) is 3. The molecule has 1 aliphatic rings. The molecule has 1 amide bonds. The number of amides is 1. The number of carbonyl (C=O) groups excluding carboxylic acids is 1. The minimum atomic E-state index is -0.0246. The summed E-state index contributed by atoms with van der Waals surface area (Å²) >= 11 is 0. The highest BCUT2D eigenvalue weighted by molar-refractivity contribution is 5.92. The van der Waals surface area contributed by atoms with Crippen LogP contribution in [0.3, 0.4) is 0 Å². The number of aryl methyl sites for hydroxylation is 2. The molecule has 1 saturated heterocycles. The van der Waals surface area contributed by atoms with E-state index in [4.69, 9.17) is 0 Å². The van der Waals surface area contributed by atoms with Crippen LogP contribution in [-0.2, 0) is 13.5 Å². The first-order valence-corrected chi connectivity index (χ1v) is 5.75. The third kappa shape index (κ3) is 2.24. The summed E-state index contributed by atoms with van der Waals surface area (Å²) in [4.78, 5) is 12.0. The minimum absolute atomic E-state index is 0.0246. The Morgan fingerprint density at radius 2 is 2.56 bits per heavy atom. The Morgan fingerprint density at radius 3 is 3.12 bits per heavy atom. The summed E-state index contributed by atoms with van der Waals surface area (Å²) in [5, 5.41) is 10.5. The monoisotopic (exact) mass is 222 g/mol. The van der Waals surface area contributed by atoms with E-state index in [1.807, 2.05) is 13.0 Å². The molecule has 0 aromatic carbocycles. The van der Waals surface area contributed by atoms with Gasteiger partial charge in [0, 0.05) is 19.6 Å². The van der Waals surface area contributed by atoms with Crippen molar-refractivity contribution in [3.63, 3.8) is 0 Å². The maximum atomic E-state index is 12.0. The second kappa shape index (κ2) is 4.65. The standard InChI is InChI=1S/C11H18N4O/c1-3-8-6-10(15(2)14-8)11(16)13-9-4-5-12-7-9/h6,9,12H,3-5,7H2,1-2H3,(H,13,16)/t9-/m1/s1. The summed E-state index contributed by atoms with van der Waals surface area (Å²) in [5.41, 5.74) is 1.60. The number of nitrogens with one attached hydrogen (secondary N) is 2. The average Bonchev–Trinajstić information content (AvgIpc) is 2.87. The van der Waals surface area contributed by atoms with Crippen molar-refractivity contribution in [1.82, 2.24) is 20.4 Å². The van der Waals surface area contributed by atoms with Crippen molar-refractivity contribution in [1.29, 1.82) is 0 Å². The largest absolute Gasteiger partial charge is 0.347 e. The van der Waals surface area contributed by atoms with Gasteiger partial charge in [-0.25, -0.2) is 0 Å². The van der Waals surface area contributed by atoms with Crippen LogP contribution in [0.25, 0.3) is 0 Å². The van der Waals surface area contributed by atoms with Crippen molar-refractivity contribution in [3.05, 3.63) is 17.5 Å². The molecule has 2 N–H and O–H groups in total. The van der Waals surface area contributed by atoms with E-state index in [0.717, 1.165) is 31.6 Å². The van der Waals surface area contributed by atoms with E-state index in [2.05, 4.69) is 15.7 Å². The van der Waals surface area contributed by atoms with E-state index in [0.29, 0.717) is 5.69 Å². The van der Waals surface area contributed by atoms with E-state index in [-0.39, 0.29) is 11.9 Å². The summed E-state index contributed by atoms with van der Waals surface area (Å²) in [5.74, 6) is -0.0246. The second-order valence-corrected chi connectivity index (χ2v) is 4.16. The summed E-state index contributed by atoms with van der Waals surface area (Å²) in [6.45, 7) is 3.88. The highest BCUT2D eigenvalue weighted by atomic mass is 16.2. The van der Waals surface area contributed by atoms with Crippen LogP contribution < -0.4 is 10.6 Å². The Kier molecular flexibility index (Phi) is 3.24. The predicted octanol–water partition coefficient (Wildman–Crippen LogP) is 0.0742. The van der Waals surface area contributed by atoms with Gasteiger partial charge >= 0.3 is 0 Å². The highest BCUT2D eigenvalue weighted by Gasteiger charge is 2.19. The van der Waals surface area contributed by atoms with Crippen molar-refractivity contribution in [2.45, 2.75) is 25.8 Å². The SMILES string of the molecule is CCc1cc(C(=O)N[C@@H]2CCNC2)n(C)n1. The van der Waals surface area contributed by atoms with Crippen LogP contribution in [0.15, 0.2) is 6.07 Å². The van der Waals surface area contributed by atoms with Crippen molar-refractivity contribution in [2.24, 2.45) is 7.05 Å². The van der Waals surface area contributed by atoms with Gasteiger partial charge in [-0.3, -0.25) is 9.48 Å². The molecule has 0 radical (unpaired) electrons. The van der Waals surface area contributed by atoms with Crippen molar-refractivity contribution < 1.29 is 4.79 Å². The Bertz CT molecular complexity index is 379. The Labute approximate surface area is 95.2 Å². The van der Waals surface area contributed by atoms with E-state index in [1.165, 1.54) is 0 Å². The quantitative estimate of drug-likeness (QED) is 0.761. The number of aromatic nitrogens is 2. The van der Waals surface area contributed by atoms with Gasteiger partial charge in [0.2, 0.25) is 0 Å². The molecule has 5 heteroatoms. The third-order valence-corrected chi connectivity index (χ3v) is 2.92. The molecule has 0 aliphatic carbocycles. The van der Waals surface area contributed by atoms with Crippen molar-refractivity contribution in [2.75, 3.05) is 13.1 Å². The Morgan fingerprint density at radius 1 is 1.75 bits per heavy atom. The predicted molar refractivity (Wildman–Crippen MR) is 61.3 cm³/mol. The molecule has 1 fully saturated rings. The number of nitrogens with zero attached hydrogens (tertiary/aromatic N) is 2. The molecule has 1 aliphatic heterocycles. The van der Waals surface area contributed by atoms with Gasteiger partial charge < -0.3 is 10.6 Å². The van der Waals surface area contributed by atoms with Crippen molar-refractivity contribution in [3.8, 4) is 0 Å². The molecule has 2 rings (SSSR count). The van der Waals surface area contributed by atoms with Crippen LogP contribution >= 0.6 is 0 Å². The minimum Gasteiger partial charge on any atom is -0.347 e. The third-order valence-electron chi connectivity index (χ3n) is 2.92. The first-order chi connectivity index (χ1) is 7.70. The molecular formula is C11H18N4O. The molecule has 5 nitrogen and oxygen atoms in total. The van der Waals surface area contributed by atoms with E-state index in [1.54, 1.807) is 11.7 Å². The second-order valence-electron chi connectivity index (χ2n) is 4.16. The summed E-state index contributed by atoms with van der Waals surface area (Å²) < 4.78 is 1.65. The number of rotatable bonds is 3. The first-order valence-electron chi connectivity index (χ1n) is 5.75. The maximum absolute atomic E-state index is 12.0. The van der Waals surface area contributed by atoms with Gasteiger partial charge in [-0.2, -0.15) is 5.10 Å². The zero-order valence-electron chi connectivity index (χ0n) is 9.79. The lowest BCUT2D eigenvalue weighted by molar-refractivity contribution is 0.0930. The molecule has 1 aromatic heterocycles. The van der Waals surface area contributed by atoms with Crippen LogP contribution in [0.1, 0.15) is 29.5 Å². The summed E-state index contributed by atoms with van der Waals surface area (Å²) in [6.07, 6.45) is 1.86. The van der Waals surface area contributed by atoms with Crippen LogP contribution in [0.4, 0.5) is 0 Å². The molecule has 1 aromatic rings. The molecule has 88 valence electrons. The van der Waals surface area contributed by atoms with Gasteiger partial charge in [0.15, 0.2) is 0 Å². The zero-order valence-corrected chi connectivity index (χ0v) is 9.79. The molecule has 0 unspecified atom stereocenters. The fraction of sp³-hybridized carbons (Fsp3) is 0.636. The zero-order chi connectivity index (χ0) is 11.5.